The molecular formula is C13H14N2O4S. The van der Waals surface area contributed by atoms with Crippen molar-refractivity contribution in [3.05, 3.63) is 35.7 Å². The molecule has 1 fully saturated rings. The molecule has 1 aromatic heterocycles. The van der Waals surface area contributed by atoms with Crippen molar-refractivity contribution in [3.8, 4) is 0 Å². The van der Waals surface area contributed by atoms with Gasteiger partial charge in [-0.1, -0.05) is 0 Å². The lowest BCUT2D eigenvalue weighted by Crippen LogP contribution is -2.41. The summed E-state index contributed by atoms with van der Waals surface area (Å²) in [5, 5.41) is 8.57. The Bertz CT molecular complexity index is 575. The third-order valence-corrected chi connectivity index (χ3v) is 4.17. The third kappa shape index (κ3) is 3.74. The number of hydrogen-bond acceptors (Lipinski definition) is 4. The minimum atomic E-state index is -1.06. The van der Waals surface area contributed by atoms with Crippen LogP contribution in [0.5, 0.6) is 0 Å². The van der Waals surface area contributed by atoms with Gasteiger partial charge in [-0.05, 0) is 17.7 Å². The van der Waals surface area contributed by atoms with Crippen LogP contribution in [0.1, 0.15) is 15.9 Å². The molecule has 20 heavy (non-hydrogen) atoms. The molecule has 0 unspecified atom stereocenters. The number of aliphatic carboxylic acids is 1. The lowest BCUT2D eigenvalue weighted by atomic mass is 10.1. The zero-order chi connectivity index (χ0) is 14.5. The van der Waals surface area contributed by atoms with Crippen LogP contribution in [-0.2, 0) is 15.6 Å². The van der Waals surface area contributed by atoms with Gasteiger partial charge in [0.25, 0.3) is 5.91 Å². The van der Waals surface area contributed by atoms with E-state index in [2.05, 4.69) is 4.98 Å². The molecule has 0 radical (unpaired) electrons. The fourth-order valence-corrected chi connectivity index (χ4v) is 2.91. The first-order valence-electron chi connectivity index (χ1n) is 6.06. The molecule has 2 heterocycles. The van der Waals surface area contributed by atoms with E-state index >= 15 is 0 Å². The van der Waals surface area contributed by atoms with E-state index in [-0.39, 0.29) is 5.91 Å². The van der Waals surface area contributed by atoms with Gasteiger partial charge >= 0.3 is 5.97 Å². The van der Waals surface area contributed by atoms with E-state index in [1.807, 2.05) is 0 Å². The number of pyridine rings is 1. The predicted molar refractivity (Wildman–Crippen MR) is 74.7 cm³/mol. The number of amides is 1. The van der Waals surface area contributed by atoms with Crippen LogP contribution < -0.4 is 0 Å². The Morgan fingerprint density at radius 2 is 2.00 bits per heavy atom. The molecule has 1 saturated heterocycles. The quantitative estimate of drug-likeness (QED) is 0.815. The molecule has 1 amide bonds. The largest absolute Gasteiger partial charge is 0.478 e. The van der Waals surface area contributed by atoms with Crippen LogP contribution in [0, 0.1) is 0 Å². The molecule has 7 heteroatoms. The second-order valence-electron chi connectivity index (χ2n) is 4.32. The number of carboxylic acids is 1. The second-order valence-corrected chi connectivity index (χ2v) is 6.01. The normalized spacial score (nSPS) is 16.5. The Hall–Kier alpha value is -2.02. The first-order valence-corrected chi connectivity index (χ1v) is 7.55. The molecule has 1 aliphatic rings. The van der Waals surface area contributed by atoms with Crippen LogP contribution >= 0.6 is 0 Å². The van der Waals surface area contributed by atoms with Crippen molar-refractivity contribution >= 4 is 28.8 Å². The zero-order valence-electron chi connectivity index (χ0n) is 10.7. The smallest absolute Gasteiger partial charge is 0.328 e. The van der Waals surface area contributed by atoms with Crippen LogP contribution in [0.3, 0.4) is 0 Å². The minimum Gasteiger partial charge on any atom is -0.478 e. The van der Waals surface area contributed by atoms with E-state index < -0.39 is 16.8 Å². The third-order valence-electron chi connectivity index (χ3n) is 2.89. The van der Waals surface area contributed by atoms with Crippen LogP contribution in [0.25, 0.3) is 6.08 Å². The van der Waals surface area contributed by atoms with Crippen LogP contribution in [-0.4, -0.2) is 55.7 Å². The van der Waals surface area contributed by atoms with E-state index in [0.29, 0.717) is 35.7 Å². The standard InChI is InChI=1S/C13H14N2O4S/c16-12(17)2-1-10-7-11(9-14-8-10)13(18)15-3-5-20(19)6-4-15/h1-2,7-9H,3-6H2,(H,16,17). The number of carboxylic acid groups (broad SMARTS) is 1. The average molecular weight is 294 g/mol. The van der Waals surface area contributed by atoms with Crippen LogP contribution in [0.4, 0.5) is 0 Å². The Labute approximate surface area is 118 Å². The lowest BCUT2D eigenvalue weighted by Gasteiger charge is -2.26. The van der Waals surface area contributed by atoms with Gasteiger partial charge < -0.3 is 10.0 Å². The molecule has 106 valence electrons. The zero-order valence-corrected chi connectivity index (χ0v) is 11.5. The molecule has 2 rings (SSSR count). The lowest BCUT2D eigenvalue weighted by molar-refractivity contribution is -0.131. The van der Waals surface area contributed by atoms with Gasteiger partial charge in [-0.25, -0.2) is 4.79 Å². The summed E-state index contributed by atoms with van der Waals surface area (Å²) in [5.41, 5.74) is 0.962. The number of rotatable bonds is 3. The molecule has 6 nitrogen and oxygen atoms in total. The maximum atomic E-state index is 12.2. The van der Waals surface area contributed by atoms with Gasteiger partial charge in [-0.2, -0.15) is 0 Å². The summed E-state index contributed by atoms with van der Waals surface area (Å²) >= 11 is 0. The Balaban J connectivity index is 2.12. The highest BCUT2D eigenvalue weighted by atomic mass is 32.2. The summed E-state index contributed by atoms with van der Waals surface area (Å²) in [6.45, 7) is 0.946. The van der Waals surface area contributed by atoms with Crippen molar-refractivity contribution in [1.82, 2.24) is 9.88 Å². The monoisotopic (exact) mass is 294 g/mol. The fraction of sp³-hybridized carbons (Fsp3) is 0.308. The summed E-state index contributed by atoms with van der Waals surface area (Å²) in [5.74, 6) is -0.227. The molecule has 0 atom stereocenters. The number of nitrogens with zero attached hydrogens (tertiary/aromatic N) is 2. The van der Waals surface area contributed by atoms with Gasteiger partial charge in [-0.3, -0.25) is 14.0 Å². The second kappa shape index (κ2) is 6.42. The fourth-order valence-electron chi connectivity index (χ4n) is 1.86. The van der Waals surface area contributed by atoms with Crippen LogP contribution in [0.2, 0.25) is 0 Å². The van der Waals surface area contributed by atoms with E-state index in [0.717, 1.165) is 6.08 Å². The van der Waals surface area contributed by atoms with Crippen molar-refractivity contribution in [1.29, 1.82) is 0 Å². The van der Waals surface area contributed by atoms with Gasteiger partial charge in [0.05, 0.1) is 5.56 Å². The van der Waals surface area contributed by atoms with Gasteiger partial charge in [0.2, 0.25) is 0 Å². The minimum absolute atomic E-state index is 0.167. The summed E-state index contributed by atoms with van der Waals surface area (Å²) in [7, 11) is -0.832. The van der Waals surface area contributed by atoms with E-state index in [9.17, 15) is 13.8 Å². The highest BCUT2D eigenvalue weighted by Gasteiger charge is 2.21. The molecular weight excluding hydrogens is 280 g/mol. The first kappa shape index (κ1) is 14.4. The summed E-state index contributed by atoms with van der Waals surface area (Å²) in [6.07, 6.45) is 5.32. The molecule has 0 aliphatic carbocycles. The van der Waals surface area contributed by atoms with Gasteiger partial charge in [-0.15, -0.1) is 0 Å². The first-order chi connectivity index (χ1) is 9.56. The number of carbonyl (C=O) groups excluding carboxylic acids is 1. The molecule has 1 aromatic rings. The van der Waals surface area contributed by atoms with Crippen molar-refractivity contribution in [2.24, 2.45) is 0 Å². The van der Waals surface area contributed by atoms with Crippen molar-refractivity contribution in [2.45, 2.75) is 0 Å². The van der Waals surface area contributed by atoms with Crippen molar-refractivity contribution in [3.63, 3.8) is 0 Å². The van der Waals surface area contributed by atoms with E-state index in [1.54, 1.807) is 11.0 Å². The highest BCUT2D eigenvalue weighted by molar-refractivity contribution is 7.85. The highest BCUT2D eigenvalue weighted by Crippen LogP contribution is 2.10. The van der Waals surface area contributed by atoms with Gasteiger partial charge in [0.15, 0.2) is 0 Å². The Kier molecular flexibility index (Phi) is 4.62. The summed E-state index contributed by atoms with van der Waals surface area (Å²) in [4.78, 5) is 28.3. The van der Waals surface area contributed by atoms with Crippen molar-refractivity contribution < 1.29 is 18.9 Å². The van der Waals surface area contributed by atoms with Crippen molar-refractivity contribution in [2.75, 3.05) is 24.6 Å². The van der Waals surface area contributed by atoms with Crippen LogP contribution in [0.15, 0.2) is 24.5 Å². The molecule has 0 spiro atoms. The molecule has 0 bridgehead atoms. The number of carbonyl (C=O) groups is 2. The molecule has 1 aliphatic heterocycles. The van der Waals surface area contributed by atoms with E-state index in [1.165, 1.54) is 18.5 Å². The van der Waals surface area contributed by atoms with Gasteiger partial charge in [0.1, 0.15) is 0 Å². The number of aromatic nitrogens is 1. The Morgan fingerprint density at radius 3 is 2.65 bits per heavy atom. The topological polar surface area (TPSA) is 87.6 Å². The Morgan fingerprint density at radius 1 is 1.30 bits per heavy atom. The van der Waals surface area contributed by atoms with Gasteiger partial charge in [0, 0.05) is 53.9 Å². The van der Waals surface area contributed by atoms with E-state index in [4.69, 9.17) is 5.11 Å². The maximum Gasteiger partial charge on any atom is 0.328 e. The molecule has 1 N–H and O–H groups in total. The average Bonchev–Trinajstić information content (AvgIpc) is 2.45. The summed E-state index contributed by atoms with van der Waals surface area (Å²) in [6, 6.07) is 1.60. The molecule has 0 saturated carbocycles. The number of hydrogen-bond donors (Lipinski definition) is 1. The molecule has 0 aromatic carbocycles. The predicted octanol–water partition coefficient (Wildman–Crippen LogP) is 0.384. The maximum absolute atomic E-state index is 12.2. The summed E-state index contributed by atoms with van der Waals surface area (Å²) < 4.78 is 11.3. The SMILES string of the molecule is O=C(O)C=Cc1cncc(C(=O)N2CCS(=O)CC2)c1.